The Hall–Kier alpha value is -3.09. The van der Waals surface area contributed by atoms with Crippen LogP contribution in [0.2, 0.25) is 5.02 Å². The van der Waals surface area contributed by atoms with E-state index in [2.05, 4.69) is 5.32 Å². The zero-order valence-electron chi connectivity index (χ0n) is 15.2. The fourth-order valence-electron chi connectivity index (χ4n) is 3.04. The molecule has 29 heavy (non-hydrogen) atoms. The van der Waals surface area contributed by atoms with Crippen molar-refractivity contribution in [1.29, 1.82) is 0 Å². The van der Waals surface area contributed by atoms with Crippen molar-refractivity contribution in [1.82, 2.24) is 9.72 Å². The molecule has 0 saturated heterocycles. The lowest BCUT2D eigenvalue weighted by atomic mass is 10.2. The molecule has 0 aliphatic carbocycles. The molecule has 146 valence electrons. The average molecular weight is 425 g/mol. The third kappa shape index (κ3) is 3.90. The van der Waals surface area contributed by atoms with Gasteiger partial charge >= 0.3 is 0 Å². The zero-order chi connectivity index (χ0) is 20.4. The van der Waals surface area contributed by atoms with Crippen molar-refractivity contribution in [3.63, 3.8) is 0 Å². The molecular formula is C22H17ClN2O3S. The van der Waals surface area contributed by atoms with Crippen LogP contribution in [0.25, 0.3) is 5.52 Å². The fraction of sp³-hybridized carbons (Fsp3) is 0.0455. The third-order valence-corrected chi connectivity index (χ3v) is 6.86. The monoisotopic (exact) mass is 424 g/mol. The molecule has 0 unspecified atom stereocenters. The number of halogens is 1. The van der Waals surface area contributed by atoms with E-state index in [1.165, 1.54) is 36.4 Å². The van der Waals surface area contributed by atoms with E-state index < -0.39 is 9.84 Å². The number of amides is 1. The van der Waals surface area contributed by atoms with Gasteiger partial charge in [-0.3, -0.25) is 4.79 Å². The quantitative estimate of drug-likeness (QED) is 0.517. The Balaban J connectivity index is 1.48. The normalized spacial score (nSPS) is 11.5. The number of hydrogen-bond acceptors (Lipinski definition) is 3. The van der Waals surface area contributed by atoms with Crippen molar-refractivity contribution in [2.75, 3.05) is 0 Å². The summed E-state index contributed by atoms with van der Waals surface area (Å²) in [6, 6.07) is 20.0. The van der Waals surface area contributed by atoms with Gasteiger partial charge in [-0.1, -0.05) is 29.8 Å². The van der Waals surface area contributed by atoms with E-state index in [-0.39, 0.29) is 20.7 Å². The van der Waals surface area contributed by atoms with Crippen LogP contribution in [0.4, 0.5) is 0 Å². The molecule has 0 spiro atoms. The first-order valence-electron chi connectivity index (χ1n) is 8.89. The van der Waals surface area contributed by atoms with E-state index in [9.17, 15) is 13.2 Å². The van der Waals surface area contributed by atoms with Gasteiger partial charge in [0.05, 0.1) is 14.8 Å². The van der Waals surface area contributed by atoms with Crippen molar-refractivity contribution in [2.45, 2.75) is 16.3 Å². The summed E-state index contributed by atoms with van der Waals surface area (Å²) in [7, 11) is -3.75. The number of nitrogens with one attached hydrogen (secondary N) is 1. The predicted octanol–water partition coefficient (Wildman–Crippen LogP) is 4.36. The second-order valence-electron chi connectivity index (χ2n) is 6.52. The van der Waals surface area contributed by atoms with E-state index in [1.807, 2.05) is 41.1 Å². The molecule has 0 aliphatic heterocycles. The molecule has 7 heteroatoms. The van der Waals surface area contributed by atoms with Crippen LogP contribution >= 0.6 is 11.6 Å². The van der Waals surface area contributed by atoms with E-state index in [1.54, 1.807) is 12.1 Å². The molecule has 0 radical (unpaired) electrons. The second kappa shape index (κ2) is 7.73. The number of hydrogen-bond donors (Lipinski definition) is 1. The summed E-state index contributed by atoms with van der Waals surface area (Å²) in [5, 5.41) is 3.01. The lowest BCUT2D eigenvalue weighted by molar-refractivity contribution is 0.0951. The van der Waals surface area contributed by atoms with E-state index >= 15 is 0 Å². The van der Waals surface area contributed by atoms with Gasteiger partial charge in [0.2, 0.25) is 9.84 Å². The van der Waals surface area contributed by atoms with Gasteiger partial charge in [0, 0.05) is 30.0 Å². The van der Waals surface area contributed by atoms with Crippen molar-refractivity contribution >= 4 is 32.9 Å². The number of nitrogens with zero attached hydrogens (tertiary/aromatic N) is 1. The highest BCUT2D eigenvalue weighted by molar-refractivity contribution is 7.91. The number of carbonyl (C=O) groups is 1. The van der Waals surface area contributed by atoms with Gasteiger partial charge in [-0.05, 0) is 60.2 Å². The van der Waals surface area contributed by atoms with Crippen LogP contribution in [-0.4, -0.2) is 18.7 Å². The standard InChI is InChI=1S/C22H17ClN2O3S/c23-20-5-1-2-6-21(20)29(27,28)19-11-8-17(9-12-19)22(26)24-14-16-7-10-18-4-3-13-25(18)15-16/h1-13,15H,14H2,(H,24,26). The Morgan fingerprint density at radius 2 is 1.69 bits per heavy atom. The van der Waals surface area contributed by atoms with Gasteiger partial charge < -0.3 is 9.72 Å². The summed E-state index contributed by atoms with van der Waals surface area (Å²) >= 11 is 6.02. The fourth-order valence-corrected chi connectivity index (χ4v) is 4.82. The van der Waals surface area contributed by atoms with Gasteiger partial charge in [-0.15, -0.1) is 0 Å². The lowest BCUT2D eigenvalue weighted by Gasteiger charge is -2.09. The highest BCUT2D eigenvalue weighted by Gasteiger charge is 2.20. The largest absolute Gasteiger partial charge is 0.348 e. The van der Waals surface area contributed by atoms with Crippen LogP contribution < -0.4 is 5.32 Å². The SMILES string of the molecule is O=C(NCc1ccc2cccn2c1)c1ccc(S(=O)(=O)c2ccccc2Cl)cc1. The van der Waals surface area contributed by atoms with Crippen molar-refractivity contribution < 1.29 is 13.2 Å². The number of aromatic nitrogens is 1. The molecule has 1 amide bonds. The Morgan fingerprint density at radius 3 is 2.45 bits per heavy atom. The number of carbonyl (C=O) groups excluding carboxylic acids is 1. The molecule has 2 aromatic carbocycles. The zero-order valence-corrected chi connectivity index (χ0v) is 16.8. The van der Waals surface area contributed by atoms with Crippen LogP contribution in [0.15, 0.2) is 95.0 Å². The molecule has 0 aliphatic rings. The molecule has 0 fully saturated rings. The van der Waals surface area contributed by atoms with Gasteiger partial charge in [0.25, 0.3) is 5.91 Å². The Labute approximate surface area is 173 Å². The Morgan fingerprint density at radius 1 is 0.931 bits per heavy atom. The molecule has 0 bridgehead atoms. The molecule has 5 nitrogen and oxygen atoms in total. The summed E-state index contributed by atoms with van der Waals surface area (Å²) in [6.07, 6.45) is 3.90. The second-order valence-corrected chi connectivity index (χ2v) is 8.84. The summed E-state index contributed by atoms with van der Waals surface area (Å²) in [5.74, 6) is -0.278. The first-order chi connectivity index (χ1) is 13.9. The Kier molecular flexibility index (Phi) is 5.13. The van der Waals surface area contributed by atoms with Gasteiger partial charge in [-0.25, -0.2) is 8.42 Å². The van der Waals surface area contributed by atoms with E-state index in [4.69, 9.17) is 11.6 Å². The first kappa shape index (κ1) is 19.2. The topological polar surface area (TPSA) is 67.7 Å². The molecule has 0 saturated carbocycles. The highest BCUT2D eigenvalue weighted by Crippen LogP contribution is 2.27. The van der Waals surface area contributed by atoms with Crippen LogP contribution in [-0.2, 0) is 16.4 Å². The highest BCUT2D eigenvalue weighted by atomic mass is 35.5. The van der Waals surface area contributed by atoms with Gasteiger partial charge in [0.1, 0.15) is 0 Å². The third-order valence-electron chi connectivity index (χ3n) is 4.59. The minimum absolute atomic E-state index is 0.0410. The maximum atomic E-state index is 12.7. The van der Waals surface area contributed by atoms with E-state index in [0.29, 0.717) is 12.1 Å². The summed E-state index contributed by atoms with van der Waals surface area (Å²) in [6.45, 7) is 0.368. The molecule has 1 N–H and O–H groups in total. The first-order valence-corrected chi connectivity index (χ1v) is 10.7. The van der Waals surface area contributed by atoms with Crippen LogP contribution in [0, 0.1) is 0 Å². The van der Waals surface area contributed by atoms with E-state index in [0.717, 1.165) is 11.1 Å². The smallest absolute Gasteiger partial charge is 0.251 e. The number of fused-ring (bicyclic) bond motifs is 1. The van der Waals surface area contributed by atoms with Crippen molar-refractivity contribution in [3.05, 3.63) is 101 Å². The Bertz CT molecular complexity index is 1300. The maximum Gasteiger partial charge on any atom is 0.251 e. The van der Waals surface area contributed by atoms with Crippen molar-refractivity contribution in [2.24, 2.45) is 0 Å². The molecule has 2 aromatic heterocycles. The van der Waals surface area contributed by atoms with Crippen LogP contribution in [0.5, 0.6) is 0 Å². The minimum Gasteiger partial charge on any atom is -0.348 e. The predicted molar refractivity (Wildman–Crippen MR) is 112 cm³/mol. The minimum atomic E-state index is -3.75. The molecule has 4 aromatic rings. The maximum absolute atomic E-state index is 12.7. The molecule has 2 heterocycles. The number of pyridine rings is 1. The number of rotatable bonds is 5. The van der Waals surface area contributed by atoms with Gasteiger partial charge in [0.15, 0.2) is 0 Å². The van der Waals surface area contributed by atoms with Crippen LogP contribution in [0.1, 0.15) is 15.9 Å². The number of sulfone groups is 1. The van der Waals surface area contributed by atoms with Crippen LogP contribution in [0.3, 0.4) is 0 Å². The van der Waals surface area contributed by atoms with Crippen molar-refractivity contribution in [3.8, 4) is 0 Å². The van der Waals surface area contributed by atoms with Gasteiger partial charge in [-0.2, -0.15) is 0 Å². The lowest BCUT2D eigenvalue weighted by Crippen LogP contribution is -2.23. The summed E-state index contributed by atoms with van der Waals surface area (Å²) < 4.78 is 27.5. The molecular weight excluding hydrogens is 408 g/mol. The molecule has 4 rings (SSSR count). The number of benzene rings is 2. The average Bonchev–Trinajstić information content (AvgIpc) is 3.20. The summed E-state index contributed by atoms with van der Waals surface area (Å²) in [5.41, 5.74) is 2.42. The summed E-state index contributed by atoms with van der Waals surface area (Å²) in [4.78, 5) is 12.6. The molecule has 0 atom stereocenters.